The summed E-state index contributed by atoms with van der Waals surface area (Å²) in [5.41, 5.74) is 0. The lowest BCUT2D eigenvalue weighted by molar-refractivity contribution is -0.108. The van der Waals surface area contributed by atoms with E-state index in [4.69, 9.17) is 15.3 Å². The Kier molecular flexibility index (Phi) is 4.82. The Labute approximate surface area is 96.6 Å². The molecule has 9 heteroatoms. The van der Waals surface area contributed by atoms with Crippen molar-refractivity contribution in [3.63, 3.8) is 0 Å². The van der Waals surface area contributed by atoms with Gasteiger partial charge in [0.25, 0.3) is 0 Å². The Bertz CT molecular complexity index is 310. The standard InChI is InChI=1S/C8H14N4O5/c9-7(10-3-14)12-8(16)11-6-1-4(15)5(2-13)17-6/h3-6,13,15H,1-2H2,(H4,9,10,11,12,14,16)/t4-,5+,6-/m0/s1. The van der Waals surface area contributed by atoms with Crippen LogP contribution in [0.3, 0.4) is 0 Å². The molecule has 0 aliphatic carbocycles. The average molecular weight is 246 g/mol. The largest absolute Gasteiger partial charge is 0.394 e. The van der Waals surface area contributed by atoms with Crippen LogP contribution in [0.2, 0.25) is 0 Å². The van der Waals surface area contributed by atoms with Crippen LogP contribution in [0.1, 0.15) is 6.42 Å². The number of rotatable bonds is 3. The summed E-state index contributed by atoms with van der Waals surface area (Å²) < 4.78 is 5.10. The van der Waals surface area contributed by atoms with Gasteiger partial charge in [0, 0.05) is 6.42 Å². The minimum atomic E-state index is -0.849. The highest BCUT2D eigenvalue weighted by molar-refractivity contribution is 5.98. The van der Waals surface area contributed by atoms with Gasteiger partial charge in [0.2, 0.25) is 12.4 Å². The van der Waals surface area contributed by atoms with Gasteiger partial charge in [-0.25, -0.2) is 4.79 Å². The molecule has 96 valence electrons. The molecule has 1 rings (SSSR count). The average Bonchev–Trinajstić information content (AvgIpc) is 2.58. The van der Waals surface area contributed by atoms with Crippen LogP contribution in [0.15, 0.2) is 0 Å². The van der Waals surface area contributed by atoms with Crippen molar-refractivity contribution in [2.45, 2.75) is 24.9 Å². The predicted octanol–water partition coefficient (Wildman–Crippen LogP) is -2.57. The van der Waals surface area contributed by atoms with Crippen molar-refractivity contribution >= 4 is 18.4 Å². The van der Waals surface area contributed by atoms with Gasteiger partial charge in [-0.3, -0.25) is 20.8 Å². The fraction of sp³-hybridized carbons (Fsp3) is 0.625. The van der Waals surface area contributed by atoms with Crippen LogP contribution in [0, 0.1) is 5.41 Å². The summed E-state index contributed by atoms with van der Waals surface area (Å²) in [6.07, 6.45) is -1.93. The second-order valence-corrected chi connectivity index (χ2v) is 3.38. The number of urea groups is 1. The zero-order valence-corrected chi connectivity index (χ0v) is 8.84. The lowest BCUT2D eigenvalue weighted by atomic mass is 10.2. The number of ether oxygens (including phenoxy) is 1. The fourth-order valence-electron chi connectivity index (χ4n) is 1.38. The first-order valence-corrected chi connectivity index (χ1v) is 4.87. The molecular formula is C8H14N4O5. The Morgan fingerprint density at radius 2 is 2.29 bits per heavy atom. The predicted molar refractivity (Wildman–Crippen MR) is 55.0 cm³/mol. The van der Waals surface area contributed by atoms with Crippen LogP contribution in [0.25, 0.3) is 0 Å². The van der Waals surface area contributed by atoms with E-state index in [2.05, 4.69) is 5.32 Å². The second kappa shape index (κ2) is 6.13. The van der Waals surface area contributed by atoms with Gasteiger partial charge in [-0.1, -0.05) is 0 Å². The highest BCUT2D eigenvalue weighted by Crippen LogP contribution is 2.17. The monoisotopic (exact) mass is 246 g/mol. The zero-order valence-electron chi connectivity index (χ0n) is 8.84. The molecule has 0 aromatic heterocycles. The Balaban J connectivity index is 2.32. The molecule has 3 atom stereocenters. The molecule has 0 radical (unpaired) electrons. The second-order valence-electron chi connectivity index (χ2n) is 3.38. The first-order valence-electron chi connectivity index (χ1n) is 4.87. The van der Waals surface area contributed by atoms with Crippen molar-refractivity contribution in [2.75, 3.05) is 6.61 Å². The van der Waals surface area contributed by atoms with Crippen LogP contribution in [-0.4, -0.2) is 53.7 Å². The number of guanidine groups is 1. The molecule has 1 aliphatic heterocycles. The minimum Gasteiger partial charge on any atom is -0.394 e. The van der Waals surface area contributed by atoms with Gasteiger partial charge in [0.15, 0.2) is 0 Å². The normalized spacial score (nSPS) is 27.3. The molecule has 1 heterocycles. The van der Waals surface area contributed by atoms with Crippen molar-refractivity contribution in [1.29, 1.82) is 5.41 Å². The van der Waals surface area contributed by atoms with Crippen LogP contribution < -0.4 is 16.0 Å². The van der Waals surface area contributed by atoms with Gasteiger partial charge in [0.1, 0.15) is 12.3 Å². The molecule has 3 amide bonds. The highest BCUT2D eigenvalue weighted by atomic mass is 16.5. The molecule has 1 fully saturated rings. The third-order valence-corrected chi connectivity index (χ3v) is 2.14. The molecule has 0 saturated carbocycles. The number of aliphatic hydroxyl groups excluding tert-OH is 2. The van der Waals surface area contributed by atoms with Crippen LogP contribution >= 0.6 is 0 Å². The molecule has 0 aromatic carbocycles. The number of carbonyl (C=O) groups excluding carboxylic acids is 2. The molecule has 6 N–H and O–H groups in total. The van der Waals surface area contributed by atoms with E-state index in [1.165, 1.54) is 0 Å². The lowest BCUT2D eigenvalue weighted by Gasteiger charge is -2.14. The van der Waals surface area contributed by atoms with Gasteiger partial charge in [0.05, 0.1) is 12.7 Å². The van der Waals surface area contributed by atoms with Gasteiger partial charge < -0.3 is 20.3 Å². The van der Waals surface area contributed by atoms with Gasteiger partial charge in [-0.2, -0.15) is 0 Å². The van der Waals surface area contributed by atoms with Crippen molar-refractivity contribution in [1.82, 2.24) is 16.0 Å². The lowest BCUT2D eigenvalue weighted by Crippen LogP contribution is -2.48. The van der Waals surface area contributed by atoms with Crippen molar-refractivity contribution in [3.8, 4) is 0 Å². The van der Waals surface area contributed by atoms with E-state index in [-0.39, 0.29) is 19.4 Å². The molecule has 0 aromatic rings. The SMILES string of the molecule is N=C(NC=O)NC(=O)N[C@@H]1C[C@H](O)[C@@H](CO)O1. The van der Waals surface area contributed by atoms with E-state index in [1.807, 2.05) is 10.6 Å². The molecule has 1 aliphatic rings. The smallest absolute Gasteiger partial charge is 0.323 e. The quantitative estimate of drug-likeness (QED) is 0.184. The van der Waals surface area contributed by atoms with Gasteiger partial charge >= 0.3 is 6.03 Å². The molecule has 0 spiro atoms. The van der Waals surface area contributed by atoms with E-state index in [0.29, 0.717) is 0 Å². The van der Waals surface area contributed by atoms with Crippen molar-refractivity contribution in [2.24, 2.45) is 0 Å². The maximum Gasteiger partial charge on any atom is 0.323 e. The summed E-state index contributed by atoms with van der Waals surface area (Å²) in [4.78, 5) is 21.2. The first-order chi connectivity index (χ1) is 8.06. The third-order valence-electron chi connectivity index (χ3n) is 2.14. The third kappa shape index (κ3) is 3.98. The van der Waals surface area contributed by atoms with E-state index in [0.717, 1.165) is 0 Å². The number of aliphatic hydroxyl groups is 2. The molecule has 0 unspecified atom stereocenters. The summed E-state index contributed by atoms with van der Waals surface area (Å²) in [5, 5.41) is 31.5. The molecule has 17 heavy (non-hydrogen) atoms. The molecular weight excluding hydrogens is 232 g/mol. The van der Waals surface area contributed by atoms with E-state index in [1.54, 1.807) is 0 Å². The summed E-state index contributed by atoms with van der Waals surface area (Å²) >= 11 is 0. The topological polar surface area (TPSA) is 144 Å². The number of hydrogen-bond donors (Lipinski definition) is 6. The Morgan fingerprint density at radius 3 is 2.82 bits per heavy atom. The summed E-state index contributed by atoms with van der Waals surface area (Å²) in [5.74, 6) is -0.477. The first kappa shape index (κ1) is 13.4. The van der Waals surface area contributed by atoms with Gasteiger partial charge in [-0.05, 0) is 0 Å². The van der Waals surface area contributed by atoms with Crippen LogP contribution in [-0.2, 0) is 9.53 Å². The summed E-state index contributed by atoms with van der Waals surface area (Å²) in [6, 6.07) is -0.750. The highest BCUT2D eigenvalue weighted by Gasteiger charge is 2.34. The Hall–Kier alpha value is -1.71. The zero-order chi connectivity index (χ0) is 12.8. The molecule has 1 saturated heterocycles. The molecule has 0 bridgehead atoms. The summed E-state index contributed by atoms with van der Waals surface area (Å²) in [7, 11) is 0. The van der Waals surface area contributed by atoms with E-state index < -0.39 is 30.4 Å². The Morgan fingerprint density at radius 1 is 1.59 bits per heavy atom. The van der Waals surface area contributed by atoms with Crippen LogP contribution in [0.5, 0.6) is 0 Å². The number of hydrogen-bond acceptors (Lipinski definition) is 6. The number of amides is 3. The van der Waals surface area contributed by atoms with Crippen molar-refractivity contribution in [3.05, 3.63) is 0 Å². The maximum absolute atomic E-state index is 11.2. The van der Waals surface area contributed by atoms with Gasteiger partial charge in [-0.15, -0.1) is 0 Å². The van der Waals surface area contributed by atoms with E-state index in [9.17, 15) is 14.7 Å². The maximum atomic E-state index is 11.2. The molecule has 9 nitrogen and oxygen atoms in total. The van der Waals surface area contributed by atoms with Crippen LogP contribution in [0.4, 0.5) is 4.79 Å². The fourth-order valence-corrected chi connectivity index (χ4v) is 1.38. The van der Waals surface area contributed by atoms with E-state index >= 15 is 0 Å². The minimum absolute atomic E-state index is 0.146. The van der Waals surface area contributed by atoms with Crippen molar-refractivity contribution < 1.29 is 24.5 Å². The summed E-state index contributed by atoms with van der Waals surface area (Å²) in [6.45, 7) is -0.344. The number of nitrogens with one attached hydrogen (secondary N) is 4. The number of carbonyl (C=O) groups is 2.